The molecular weight excluding hydrogens is 260 g/mol. The van der Waals surface area contributed by atoms with Crippen molar-refractivity contribution >= 4 is 11.3 Å². The fraction of sp³-hybridized carbons (Fsp3) is 0.357. The summed E-state index contributed by atoms with van der Waals surface area (Å²) in [7, 11) is 3.31. The first-order valence-corrected chi connectivity index (χ1v) is 6.93. The molecule has 0 radical (unpaired) electrons. The topological polar surface area (TPSA) is 43.4 Å². The number of benzene rings is 1. The number of ether oxygens (including phenoxy) is 2. The Morgan fingerprint density at radius 3 is 2.68 bits per heavy atom. The lowest BCUT2D eigenvalue weighted by molar-refractivity contribution is 0.350. The molecule has 2 aromatic rings. The van der Waals surface area contributed by atoms with E-state index in [4.69, 9.17) is 9.47 Å². The first-order valence-electron chi connectivity index (χ1n) is 6.05. The molecule has 1 heterocycles. The Balaban J connectivity index is 2.01. The van der Waals surface area contributed by atoms with Gasteiger partial charge in [-0.25, -0.2) is 4.98 Å². The molecular formula is C14H18N2O2S. The van der Waals surface area contributed by atoms with E-state index >= 15 is 0 Å². The minimum atomic E-state index is 0.734. The lowest BCUT2D eigenvalue weighted by atomic mass is 10.2. The number of nitrogens with zero attached hydrogens (tertiary/aromatic N) is 1. The standard InChI is InChI=1S/C14H18N2O2S/c1-10-13(19-9-16-10)8-15-7-11-5-4-6-12(17-2)14(11)18-3/h4-6,9,15H,7-8H2,1-3H3. The maximum Gasteiger partial charge on any atom is 0.165 e. The van der Waals surface area contributed by atoms with E-state index < -0.39 is 0 Å². The first-order chi connectivity index (χ1) is 9.26. The molecule has 0 unspecified atom stereocenters. The SMILES string of the molecule is COc1cccc(CNCc2scnc2C)c1OC. The van der Waals surface area contributed by atoms with Crippen molar-refractivity contribution in [2.75, 3.05) is 14.2 Å². The van der Waals surface area contributed by atoms with Crippen LogP contribution in [0.15, 0.2) is 23.7 Å². The Labute approximate surface area is 117 Å². The summed E-state index contributed by atoms with van der Waals surface area (Å²) in [5.41, 5.74) is 4.05. The van der Waals surface area contributed by atoms with Crippen LogP contribution in [0.1, 0.15) is 16.1 Å². The molecule has 0 bridgehead atoms. The van der Waals surface area contributed by atoms with Gasteiger partial charge in [-0.2, -0.15) is 0 Å². The molecule has 4 nitrogen and oxygen atoms in total. The molecule has 0 atom stereocenters. The van der Waals surface area contributed by atoms with Crippen LogP contribution in [0.4, 0.5) is 0 Å². The van der Waals surface area contributed by atoms with Gasteiger partial charge in [0, 0.05) is 23.5 Å². The van der Waals surface area contributed by atoms with Gasteiger partial charge < -0.3 is 14.8 Å². The van der Waals surface area contributed by atoms with Crippen LogP contribution in [0, 0.1) is 6.92 Å². The first kappa shape index (κ1) is 13.8. The average Bonchev–Trinajstić information content (AvgIpc) is 2.84. The van der Waals surface area contributed by atoms with E-state index in [-0.39, 0.29) is 0 Å². The van der Waals surface area contributed by atoms with Crippen molar-refractivity contribution in [2.45, 2.75) is 20.0 Å². The fourth-order valence-corrected chi connectivity index (χ4v) is 2.65. The molecule has 1 aromatic heterocycles. The van der Waals surface area contributed by atoms with Crippen molar-refractivity contribution in [1.82, 2.24) is 10.3 Å². The van der Waals surface area contributed by atoms with Gasteiger partial charge in [0.15, 0.2) is 11.5 Å². The fourth-order valence-electron chi connectivity index (χ4n) is 1.90. The van der Waals surface area contributed by atoms with E-state index in [1.807, 2.05) is 30.6 Å². The van der Waals surface area contributed by atoms with Crippen molar-refractivity contribution in [3.63, 3.8) is 0 Å². The smallest absolute Gasteiger partial charge is 0.165 e. The van der Waals surface area contributed by atoms with E-state index in [0.29, 0.717) is 0 Å². The van der Waals surface area contributed by atoms with Gasteiger partial charge in [-0.3, -0.25) is 0 Å². The minimum absolute atomic E-state index is 0.734. The van der Waals surface area contributed by atoms with Crippen molar-refractivity contribution in [3.05, 3.63) is 39.8 Å². The Morgan fingerprint density at radius 1 is 1.21 bits per heavy atom. The van der Waals surface area contributed by atoms with Crippen LogP contribution in [0.2, 0.25) is 0 Å². The second-order valence-corrected chi connectivity index (χ2v) is 5.06. The Kier molecular flexibility index (Phi) is 4.76. The highest BCUT2D eigenvalue weighted by atomic mass is 32.1. The van der Waals surface area contributed by atoms with E-state index in [2.05, 4.69) is 10.3 Å². The van der Waals surface area contributed by atoms with Crippen molar-refractivity contribution in [1.29, 1.82) is 0 Å². The molecule has 19 heavy (non-hydrogen) atoms. The summed E-state index contributed by atoms with van der Waals surface area (Å²) in [6, 6.07) is 5.90. The summed E-state index contributed by atoms with van der Waals surface area (Å²) in [5.74, 6) is 1.55. The van der Waals surface area contributed by atoms with Gasteiger partial charge in [0.25, 0.3) is 0 Å². The zero-order valence-corrected chi connectivity index (χ0v) is 12.2. The third kappa shape index (κ3) is 3.24. The second-order valence-electron chi connectivity index (χ2n) is 4.12. The summed E-state index contributed by atoms with van der Waals surface area (Å²) in [4.78, 5) is 5.50. The minimum Gasteiger partial charge on any atom is -0.493 e. The van der Waals surface area contributed by atoms with Crippen molar-refractivity contribution in [3.8, 4) is 11.5 Å². The maximum absolute atomic E-state index is 5.40. The summed E-state index contributed by atoms with van der Waals surface area (Å²) < 4.78 is 10.7. The predicted octanol–water partition coefficient (Wildman–Crippen LogP) is 2.76. The van der Waals surface area contributed by atoms with Gasteiger partial charge >= 0.3 is 0 Å². The summed E-state index contributed by atoms with van der Waals surface area (Å²) in [6.07, 6.45) is 0. The highest BCUT2D eigenvalue weighted by Crippen LogP contribution is 2.30. The molecule has 2 rings (SSSR count). The monoisotopic (exact) mass is 278 g/mol. The molecule has 1 aromatic carbocycles. The van der Waals surface area contributed by atoms with Gasteiger partial charge in [-0.15, -0.1) is 11.3 Å². The van der Waals surface area contributed by atoms with Crippen LogP contribution < -0.4 is 14.8 Å². The Morgan fingerprint density at radius 2 is 2.05 bits per heavy atom. The van der Waals surface area contributed by atoms with Crippen LogP contribution in [-0.2, 0) is 13.1 Å². The largest absolute Gasteiger partial charge is 0.493 e. The van der Waals surface area contributed by atoms with Gasteiger partial charge in [0.1, 0.15) is 0 Å². The van der Waals surface area contributed by atoms with Crippen LogP contribution in [0.25, 0.3) is 0 Å². The maximum atomic E-state index is 5.40. The normalized spacial score (nSPS) is 10.5. The van der Waals surface area contributed by atoms with Gasteiger partial charge in [-0.05, 0) is 13.0 Å². The number of nitrogens with one attached hydrogen (secondary N) is 1. The number of aryl methyl sites for hydroxylation is 1. The lowest BCUT2D eigenvalue weighted by Gasteiger charge is -2.12. The molecule has 0 aliphatic heterocycles. The zero-order valence-electron chi connectivity index (χ0n) is 11.4. The predicted molar refractivity (Wildman–Crippen MR) is 76.9 cm³/mol. The van der Waals surface area contributed by atoms with Crippen LogP contribution in [-0.4, -0.2) is 19.2 Å². The molecule has 0 saturated carbocycles. The molecule has 102 valence electrons. The van der Waals surface area contributed by atoms with E-state index in [1.54, 1.807) is 25.6 Å². The number of rotatable bonds is 6. The Hall–Kier alpha value is -1.59. The molecule has 1 N–H and O–H groups in total. The lowest BCUT2D eigenvalue weighted by Crippen LogP contribution is -2.13. The second kappa shape index (κ2) is 6.54. The Bertz CT molecular complexity index is 540. The number of hydrogen-bond acceptors (Lipinski definition) is 5. The highest BCUT2D eigenvalue weighted by Gasteiger charge is 2.09. The number of aromatic nitrogens is 1. The summed E-state index contributed by atoms with van der Waals surface area (Å²) in [6.45, 7) is 3.58. The summed E-state index contributed by atoms with van der Waals surface area (Å²) >= 11 is 1.67. The molecule has 0 amide bonds. The molecule has 0 fully saturated rings. The zero-order chi connectivity index (χ0) is 13.7. The molecule has 0 saturated heterocycles. The molecule has 0 aliphatic rings. The third-order valence-corrected chi connectivity index (χ3v) is 3.87. The van der Waals surface area contributed by atoms with Crippen molar-refractivity contribution < 1.29 is 9.47 Å². The van der Waals surface area contributed by atoms with Crippen LogP contribution in [0.5, 0.6) is 11.5 Å². The average molecular weight is 278 g/mol. The number of hydrogen-bond donors (Lipinski definition) is 1. The van der Waals surface area contributed by atoms with E-state index in [0.717, 1.165) is 35.8 Å². The van der Waals surface area contributed by atoms with Crippen LogP contribution in [0.3, 0.4) is 0 Å². The molecule has 5 heteroatoms. The van der Waals surface area contributed by atoms with Gasteiger partial charge in [0.2, 0.25) is 0 Å². The summed E-state index contributed by atoms with van der Waals surface area (Å²) in [5, 5.41) is 3.41. The van der Waals surface area contributed by atoms with E-state index in [9.17, 15) is 0 Å². The third-order valence-electron chi connectivity index (χ3n) is 2.93. The quantitative estimate of drug-likeness (QED) is 0.882. The van der Waals surface area contributed by atoms with Crippen molar-refractivity contribution in [2.24, 2.45) is 0 Å². The number of para-hydroxylation sites is 1. The van der Waals surface area contributed by atoms with Gasteiger partial charge in [-0.1, -0.05) is 12.1 Å². The van der Waals surface area contributed by atoms with E-state index in [1.165, 1.54) is 4.88 Å². The highest BCUT2D eigenvalue weighted by molar-refractivity contribution is 7.09. The van der Waals surface area contributed by atoms with Gasteiger partial charge in [0.05, 0.1) is 25.4 Å². The molecule has 0 aliphatic carbocycles. The van der Waals surface area contributed by atoms with Crippen LogP contribution >= 0.6 is 11.3 Å². The number of thiazole rings is 1. The number of methoxy groups -OCH3 is 2. The molecule has 0 spiro atoms.